The fraction of sp³-hybridized carbons (Fsp3) is 0.550. The van der Waals surface area contributed by atoms with Gasteiger partial charge in [0.25, 0.3) is 0 Å². The van der Waals surface area contributed by atoms with Crippen LogP contribution in [0.4, 0.5) is 0 Å². The fourth-order valence-corrected chi connectivity index (χ4v) is 4.58. The van der Waals surface area contributed by atoms with Crippen molar-refractivity contribution in [3.05, 3.63) is 36.0 Å². The van der Waals surface area contributed by atoms with Crippen LogP contribution in [-0.2, 0) is 9.47 Å². The molecule has 2 aliphatic heterocycles. The minimum Gasteiger partial charge on any atom is -0.381 e. The second kappa shape index (κ2) is 6.42. The second-order valence-electron chi connectivity index (χ2n) is 7.78. The Morgan fingerprint density at radius 1 is 1.19 bits per heavy atom. The third-order valence-electron chi connectivity index (χ3n) is 5.95. The van der Waals surface area contributed by atoms with Gasteiger partial charge in [0.05, 0.1) is 17.4 Å². The number of imidazole rings is 1. The zero-order valence-corrected chi connectivity index (χ0v) is 15.9. The van der Waals surface area contributed by atoms with Crippen molar-refractivity contribution in [3.8, 4) is 11.4 Å². The lowest BCUT2D eigenvalue weighted by molar-refractivity contribution is -0.144. The summed E-state index contributed by atoms with van der Waals surface area (Å²) in [5.41, 5.74) is 3.88. The topological polar surface area (TPSA) is 66.5 Å². The molecule has 0 aliphatic carbocycles. The summed E-state index contributed by atoms with van der Waals surface area (Å²) in [5.74, 6) is 0.941. The summed E-state index contributed by atoms with van der Waals surface area (Å²) in [5, 5.41) is 4.54. The Labute approximate surface area is 158 Å². The zero-order valence-electron chi connectivity index (χ0n) is 15.9. The maximum Gasteiger partial charge on any atom is 0.166 e. The molecule has 1 spiro atoms. The molecule has 0 saturated carbocycles. The third-order valence-corrected chi connectivity index (χ3v) is 5.95. The molecule has 5 heterocycles. The van der Waals surface area contributed by atoms with Gasteiger partial charge in [-0.25, -0.2) is 14.5 Å². The highest BCUT2D eigenvalue weighted by molar-refractivity contribution is 5.72. The van der Waals surface area contributed by atoms with Crippen molar-refractivity contribution in [3.63, 3.8) is 0 Å². The number of nitrogens with zero attached hydrogens (tertiary/aromatic N) is 5. The summed E-state index contributed by atoms with van der Waals surface area (Å²) in [6, 6.07) is 2.42. The monoisotopic (exact) mass is 367 g/mol. The standard InChI is InChI=1S/C20H25N5O2/c1-14-11-15(2)25-19(23-14)17(13-22-25)18-21-6-7-24(18)16-3-8-27-20(12-16)4-9-26-10-5-20/h6-7,11,13,16H,3-5,8-10,12H2,1-2H3. The van der Waals surface area contributed by atoms with E-state index < -0.39 is 0 Å². The van der Waals surface area contributed by atoms with Crippen LogP contribution in [0.5, 0.6) is 0 Å². The molecule has 142 valence electrons. The van der Waals surface area contributed by atoms with Crippen LogP contribution >= 0.6 is 0 Å². The Morgan fingerprint density at radius 2 is 2.04 bits per heavy atom. The van der Waals surface area contributed by atoms with Gasteiger partial charge in [0.1, 0.15) is 5.82 Å². The highest BCUT2D eigenvalue weighted by Gasteiger charge is 2.40. The number of hydrogen-bond acceptors (Lipinski definition) is 5. The van der Waals surface area contributed by atoms with E-state index in [0.29, 0.717) is 6.04 Å². The molecule has 0 bridgehead atoms. The first-order valence-corrected chi connectivity index (χ1v) is 9.72. The highest BCUT2D eigenvalue weighted by atomic mass is 16.5. The Morgan fingerprint density at radius 3 is 2.89 bits per heavy atom. The molecular formula is C20H25N5O2. The molecule has 2 saturated heterocycles. The molecule has 5 rings (SSSR count). The second-order valence-corrected chi connectivity index (χ2v) is 7.78. The first kappa shape index (κ1) is 16.9. The van der Waals surface area contributed by atoms with Crippen molar-refractivity contribution in [1.82, 2.24) is 24.1 Å². The number of aromatic nitrogens is 5. The van der Waals surface area contributed by atoms with Gasteiger partial charge in [0, 0.05) is 49.6 Å². The number of fused-ring (bicyclic) bond motifs is 1. The lowest BCUT2D eigenvalue weighted by Gasteiger charge is -2.43. The van der Waals surface area contributed by atoms with Crippen LogP contribution in [0.2, 0.25) is 0 Å². The summed E-state index contributed by atoms with van der Waals surface area (Å²) in [6.45, 7) is 6.44. The molecular weight excluding hydrogens is 342 g/mol. The summed E-state index contributed by atoms with van der Waals surface area (Å²) in [6.07, 6.45) is 9.81. The minimum absolute atomic E-state index is 0.0464. The SMILES string of the molecule is Cc1cc(C)n2ncc(-c3nccn3C3CCOC4(CCOCC4)C3)c2n1. The molecule has 0 N–H and O–H groups in total. The summed E-state index contributed by atoms with van der Waals surface area (Å²) >= 11 is 0. The van der Waals surface area contributed by atoms with E-state index in [4.69, 9.17) is 14.5 Å². The van der Waals surface area contributed by atoms with Crippen LogP contribution in [0.3, 0.4) is 0 Å². The smallest absolute Gasteiger partial charge is 0.166 e. The van der Waals surface area contributed by atoms with Crippen molar-refractivity contribution >= 4 is 5.65 Å². The van der Waals surface area contributed by atoms with E-state index >= 15 is 0 Å². The normalized spacial score (nSPS) is 22.5. The Balaban J connectivity index is 1.53. The van der Waals surface area contributed by atoms with E-state index in [2.05, 4.69) is 27.8 Å². The van der Waals surface area contributed by atoms with Crippen LogP contribution < -0.4 is 0 Å². The molecule has 1 atom stereocenters. The highest BCUT2D eigenvalue weighted by Crippen LogP contribution is 2.40. The summed E-state index contributed by atoms with van der Waals surface area (Å²) in [7, 11) is 0. The molecule has 7 heteroatoms. The van der Waals surface area contributed by atoms with Gasteiger partial charge in [0.15, 0.2) is 5.65 Å². The zero-order chi connectivity index (χ0) is 18.4. The van der Waals surface area contributed by atoms with Crippen LogP contribution in [0.1, 0.15) is 43.1 Å². The predicted molar refractivity (Wildman–Crippen MR) is 101 cm³/mol. The van der Waals surface area contributed by atoms with E-state index in [-0.39, 0.29) is 5.60 Å². The van der Waals surface area contributed by atoms with Crippen molar-refractivity contribution in [2.75, 3.05) is 19.8 Å². The van der Waals surface area contributed by atoms with Crippen LogP contribution in [0.25, 0.3) is 17.0 Å². The first-order chi connectivity index (χ1) is 13.2. The number of ether oxygens (including phenoxy) is 2. The molecule has 0 radical (unpaired) electrons. The Hall–Kier alpha value is -2.25. The molecule has 7 nitrogen and oxygen atoms in total. The van der Waals surface area contributed by atoms with Crippen LogP contribution in [0.15, 0.2) is 24.7 Å². The third kappa shape index (κ3) is 2.85. The van der Waals surface area contributed by atoms with Gasteiger partial charge in [-0.15, -0.1) is 0 Å². The average molecular weight is 367 g/mol. The largest absolute Gasteiger partial charge is 0.381 e. The van der Waals surface area contributed by atoms with Crippen molar-refractivity contribution in [1.29, 1.82) is 0 Å². The van der Waals surface area contributed by atoms with Crippen molar-refractivity contribution in [2.45, 2.75) is 51.2 Å². The van der Waals surface area contributed by atoms with E-state index in [9.17, 15) is 0 Å². The van der Waals surface area contributed by atoms with Gasteiger partial charge in [0.2, 0.25) is 0 Å². The lowest BCUT2D eigenvalue weighted by Crippen LogP contribution is -2.44. The van der Waals surface area contributed by atoms with Gasteiger partial charge in [-0.1, -0.05) is 0 Å². The lowest BCUT2D eigenvalue weighted by atomic mass is 9.84. The van der Waals surface area contributed by atoms with Crippen LogP contribution in [0, 0.1) is 13.8 Å². The Kier molecular flexibility index (Phi) is 4.02. The van der Waals surface area contributed by atoms with Gasteiger partial charge >= 0.3 is 0 Å². The molecule has 3 aromatic heterocycles. The summed E-state index contributed by atoms with van der Waals surface area (Å²) < 4.78 is 16.0. The minimum atomic E-state index is -0.0464. The maximum atomic E-state index is 6.22. The molecule has 3 aromatic rings. The average Bonchev–Trinajstić information content (AvgIpc) is 3.29. The van der Waals surface area contributed by atoms with E-state index in [1.807, 2.05) is 29.9 Å². The molecule has 2 fully saturated rings. The van der Waals surface area contributed by atoms with Crippen molar-refractivity contribution < 1.29 is 9.47 Å². The predicted octanol–water partition coefficient (Wildman–Crippen LogP) is 3.11. The van der Waals surface area contributed by atoms with Crippen LogP contribution in [-0.4, -0.2) is 49.6 Å². The van der Waals surface area contributed by atoms with E-state index in [1.165, 1.54) is 0 Å². The quantitative estimate of drug-likeness (QED) is 0.696. The molecule has 1 unspecified atom stereocenters. The molecule has 27 heavy (non-hydrogen) atoms. The van der Waals surface area contributed by atoms with E-state index in [0.717, 1.165) is 73.9 Å². The molecule has 2 aliphatic rings. The van der Waals surface area contributed by atoms with E-state index in [1.54, 1.807) is 0 Å². The van der Waals surface area contributed by atoms with Gasteiger partial charge in [-0.3, -0.25) is 0 Å². The number of rotatable bonds is 2. The van der Waals surface area contributed by atoms with Gasteiger partial charge in [-0.05, 0) is 45.6 Å². The fourth-order valence-electron chi connectivity index (χ4n) is 4.58. The molecule has 0 amide bonds. The summed E-state index contributed by atoms with van der Waals surface area (Å²) in [4.78, 5) is 9.41. The van der Waals surface area contributed by atoms with Crippen molar-refractivity contribution in [2.24, 2.45) is 0 Å². The number of hydrogen-bond donors (Lipinski definition) is 0. The van der Waals surface area contributed by atoms with Gasteiger partial charge < -0.3 is 14.0 Å². The maximum absolute atomic E-state index is 6.22. The molecule has 0 aromatic carbocycles. The Bertz CT molecular complexity index is 965. The first-order valence-electron chi connectivity index (χ1n) is 9.72. The number of aryl methyl sites for hydroxylation is 2. The van der Waals surface area contributed by atoms with Gasteiger partial charge in [-0.2, -0.15) is 5.10 Å².